The van der Waals surface area contributed by atoms with E-state index >= 15 is 0 Å². The van der Waals surface area contributed by atoms with Gasteiger partial charge < -0.3 is 4.74 Å². The van der Waals surface area contributed by atoms with Gasteiger partial charge in [-0.15, -0.1) is 0 Å². The van der Waals surface area contributed by atoms with Crippen LogP contribution in [0.25, 0.3) is 0 Å². The van der Waals surface area contributed by atoms with Crippen LogP contribution < -0.4 is 0 Å². The molecule has 0 spiro atoms. The number of hydrogen-bond acceptors (Lipinski definition) is 4. The molecule has 0 atom stereocenters. The van der Waals surface area contributed by atoms with Crippen molar-refractivity contribution in [3.8, 4) is 0 Å². The number of sulfone groups is 1. The summed E-state index contributed by atoms with van der Waals surface area (Å²) in [7, 11) is -3.28. The van der Waals surface area contributed by atoms with Crippen molar-refractivity contribution in [3.05, 3.63) is 29.3 Å². The maximum Gasteiger partial charge on any atom is 0.410 e. The molecule has 0 bridgehead atoms. The van der Waals surface area contributed by atoms with Crippen LogP contribution in [0.5, 0.6) is 0 Å². The first-order valence-electron chi connectivity index (χ1n) is 7.80. The summed E-state index contributed by atoms with van der Waals surface area (Å²) in [4.78, 5) is 14.1. The van der Waals surface area contributed by atoms with Gasteiger partial charge in [-0.1, -0.05) is 19.9 Å². The van der Waals surface area contributed by atoms with Crippen LogP contribution in [0.1, 0.15) is 45.7 Å². The predicted molar refractivity (Wildman–Crippen MR) is 88.8 cm³/mol. The molecular formula is C17H25NO4S. The first-order chi connectivity index (χ1) is 10.5. The molecule has 2 rings (SSSR count). The second kappa shape index (κ2) is 6.15. The monoisotopic (exact) mass is 339 g/mol. The molecule has 1 aromatic rings. The second-order valence-corrected chi connectivity index (χ2v) is 9.48. The third kappa shape index (κ3) is 4.47. The fraction of sp³-hybridized carbons (Fsp3) is 0.588. The first-order valence-corrected chi connectivity index (χ1v) is 9.45. The highest BCUT2D eigenvalue weighted by atomic mass is 32.2. The van der Waals surface area contributed by atoms with E-state index in [4.69, 9.17) is 4.74 Å². The van der Waals surface area contributed by atoms with Gasteiger partial charge in [-0.05, 0) is 49.9 Å². The summed E-state index contributed by atoms with van der Waals surface area (Å²) >= 11 is 0. The summed E-state index contributed by atoms with van der Waals surface area (Å²) in [5.74, 6) is 0.202. The zero-order valence-corrected chi connectivity index (χ0v) is 15.2. The highest BCUT2D eigenvalue weighted by molar-refractivity contribution is 7.91. The molecule has 1 aromatic carbocycles. The topological polar surface area (TPSA) is 63.7 Å². The molecule has 1 amide bonds. The summed E-state index contributed by atoms with van der Waals surface area (Å²) in [6, 6.07) is 5.12. The Morgan fingerprint density at radius 3 is 2.39 bits per heavy atom. The molecule has 0 unspecified atom stereocenters. The average molecular weight is 339 g/mol. The maximum absolute atomic E-state index is 12.3. The molecule has 1 aliphatic heterocycles. The molecule has 0 N–H and O–H groups in total. The standard InChI is InChI=1S/C17H25NO4S/c1-12(2)11-23(20,21)15-7-6-13-9-18(10-14(13)8-15)16(19)22-17(3,4)5/h6-8,12H,9-11H2,1-5H3. The van der Waals surface area contributed by atoms with Crippen LogP contribution >= 0.6 is 0 Å². The number of nitrogens with zero attached hydrogens (tertiary/aromatic N) is 1. The van der Waals surface area contributed by atoms with Gasteiger partial charge in [0.25, 0.3) is 0 Å². The lowest BCUT2D eigenvalue weighted by Crippen LogP contribution is -2.33. The minimum atomic E-state index is -3.28. The van der Waals surface area contributed by atoms with Crippen LogP contribution in [-0.4, -0.2) is 30.8 Å². The lowest BCUT2D eigenvalue weighted by atomic mass is 10.1. The van der Waals surface area contributed by atoms with Crippen LogP contribution in [0.2, 0.25) is 0 Å². The molecule has 1 aliphatic rings. The fourth-order valence-electron chi connectivity index (χ4n) is 2.55. The Balaban J connectivity index is 2.17. The van der Waals surface area contributed by atoms with Crippen molar-refractivity contribution >= 4 is 15.9 Å². The van der Waals surface area contributed by atoms with Crippen LogP contribution in [0.3, 0.4) is 0 Å². The normalized spacial score (nSPS) is 15.0. The number of hydrogen-bond donors (Lipinski definition) is 0. The predicted octanol–water partition coefficient (Wildman–Crippen LogP) is 3.37. The van der Waals surface area contributed by atoms with Crippen molar-refractivity contribution in [2.75, 3.05) is 5.75 Å². The van der Waals surface area contributed by atoms with Gasteiger partial charge in [0.05, 0.1) is 10.6 Å². The average Bonchev–Trinajstić information content (AvgIpc) is 2.77. The summed E-state index contributed by atoms with van der Waals surface area (Å²) in [5, 5.41) is 0. The number of ether oxygens (including phenoxy) is 1. The van der Waals surface area contributed by atoms with Gasteiger partial charge >= 0.3 is 6.09 Å². The van der Waals surface area contributed by atoms with Crippen LogP contribution in [0.15, 0.2) is 23.1 Å². The van der Waals surface area contributed by atoms with Crippen molar-refractivity contribution in [2.24, 2.45) is 5.92 Å². The first kappa shape index (κ1) is 17.8. The molecule has 6 heteroatoms. The largest absolute Gasteiger partial charge is 0.444 e. The third-order valence-corrected chi connectivity index (χ3v) is 5.54. The molecule has 5 nitrogen and oxygen atoms in total. The lowest BCUT2D eigenvalue weighted by Gasteiger charge is -2.24. The summed E-state index contributed by atoms with van der Waals surface area (Å²) in [6.45, 7) is 10.1. The van der Waals surface area contributed by atoms with Crippen molar-refractivity contribution in [3.63, 3.8) is 0 Å². The van der Waals surface area contributed by atoms with Gasteiger partial charge in [0.2, 0.25) is 0 Å². The quantitative estimate of drug-likeness (QED) is 0.847. The summed E-state index contributed by atoms with van der Waals surface area (Å²) in [5.41, 5.74) is 1.30. The van der Waals surface area contributed by atoms with E-state index in [1.165, 1.54) is 0 Å². The van der Waals surface area contributed by atoms with Crippen molar-refractivity contribution in [2.45, 2.75) is 58.2 Å². The minimum absolute atomic E-state index is 0.0755. The lowest BCUT2D eigenvalue weighted by molar-refractivity contribution is 0.0242. The maximum atomic E-state index is 12.3. The van der Waals surface area contributed by atoms with Gasteiger partial charge in [0.15, 0.2) is 9.84 Å². The highest BCUT2D eigenvalue weighted by Gasteiger charge is 2.29. The van der Waals surface area contributed by atoms with Gasteiger partial charge in [0, 0.05) is 13.1 Å². The summed E-state index contributed by atoms with van der Waals surface area (Å²) in [6.07, 6.45) is -0.375. The molecule has 0 saturated carbocycles. The number of benzene rings is 1. The minimum Gasteiger partial charge on any atom is -0.444 e. The van der Waals surface area contributed by atoms with E-state index in [9.17, 15) is 13.2 Å². The van der Waals surface area contributed by atoms with Crippen LogP contribution in [-0.2, 0) is 27.7 Å². The Labute approximate surface area is 138 Å². The summed E-state index contributed by atoms with van der Waals surface area (Å²) < 4.78 is 30.1. The molecule has 0 saturated heterocycles. The number of carbonyl (C=O) groups is 1. The van der Waals surface area contributed by atoms with Crippen LogP contribution in [0, 0.1) is 5.92 Å². The molecular weight excluding hydrogens is 314 g/mol. The highest BCUT2D eigenvalue weighted by Crippen LogP contribution is 2.27. The molecule has 23 heavy (non-hydrogen) atoms. The van der Waals surface area contributed by atoms with Gasteiger partial charge in [-0.3, -0.25) is 4.90 Å². The molecule has 0 fully saturated rings. The van der Waals surface area contributed by atoms with Crippen LogP contribution in [0.4, 0.5) is 4.79 Å². The molecule has 0 aromatic heterocycles. The van der Waals surface area contributed by atoms with E-state index in [1.54, 1.807) is 23.1 Å². The SMILES string of the molecule is CC(C)CS(=O)(=O)c1ccc2c(c1)CN(C(=O)OC(C)(C)C)C2. The van der Waals surface area contributed by atoms with E-state index < -0.39 is 15.4 Å². The molecule has 0 aliphatic carbocycles. The Kier molecular flexibility index (Phi) is 4.76. The second-order valence-electron chi connectivity index (χ2n) is 7.44. The Bertz CT molecular complexity index is 702. The number of rotatable bonds is 3. The van der Waals surface area contributed by atoms with E-state index in [0.717, 1.165) is 11.1 Å². The van der Waals surface area contributed by atoms with Gasteiger partial charge in [-0.25, -0.2) is 13.2 Å². The van der Waals surface area contributed by atoms with Crippen molar-refractivity contribution in [1.29, 1.82) is 0 Å². The van der Waals surface area contributed by atoms with Crippen molar-refractivity contribution in [1.82, 2.24) is 4.90 Å². The zero-order chi connectivity index (χ0) is 17.4. The number of fused-ring (bicyclic) bond motifs is 1. The van der Waals surface area contributed by atoms with E-state index in [2.05, 4.69) is 0 Å². The number of carbonyl (C=O) groups excluding carboxylic acids is 1. The van der Waals surface area contributed by atoms with E-state index in [1.807, 2.05) is 34.6 Å². The fourth-order valence-corrected chi connectivity index (χ4v) is 4.22. The molecule has 0 radical (unpaired) electrons. The third-order valence-electron chi connectivity index (χ3n) is 3.46. The smallest absolute Gasteiger partial charge is 0.410 e. The Morgan fingerprint density at radius 1 is 1.22 bits per heavy atom. The Hall–Kier alpha value is -1.56. The molecule has 128 valence electrons. The van der Waals surface area contributed by atoms with Crippen molar-refractivity contribution < 1.29 is 17.9 Å². The van der Waals surface area contributed by atoms with E-state index in [0.29, 0.717) is 18.0 Å². The number of amides is 1. The zero-order valence-electron chi connectivity index (χ0n) is 14.4. The van der Waals surface area contributed by atoms with Gasteiger partial charge in [-0.2, -0.15) is 0 Å². The van der Waals surface area contributed by atoms with E-state index in [-0.39, 0.29) is 17.8 Å². The van der Waals surface area contributed by atoms with Gasteiger partial charge in [0.1, 0.15) is 5.60 Å². The molecule has 1 heterocycles. The Morgan fingerprint density at radius 2 is 1.83 bits per heavy atom.